The fourth-order valence-corrected chi connectivity index (χ4v) is 1.93. The predicted molar refractivity (Wildman–Crippen MR) is 67.7 cm³/mol. The third-order valence-electron chi connectivity index (χ3n) is 2.36. The van der Waals surface area contributed by atoms with Gasteiger partial charge in [0.15, 0.2) is 0 Å². The molecule has 0 saturated carbocycles. The Hall–Kier alpha value is -1.71. The van der Waals surface area contributed by atoms with Crippen molar-refractivity contribution in [1.29, 1.82) is 0 Å². The first-order chi connectivity index (χ1) is 8.86. The lowest BCUT2D eigenvalue weighted by molar-refractivity contribution is -0.384. The van der Waals surface area contributed by atoms with Gasteiger partial charge in [0.2, 0.25) is 0 Å². The molecule has 19 heavy (non-hydrogen) atoms. The zero-order valence-corrected chi connectivity index (χ0v) is 10.8. The van der Waals surface area contributed by atoms with E-state index in [1.807, 2.05) is 0 Å². The number of hydrogen-bond acceptors (Lipinski definition) is 6. The summed E-state index contributed by atoms with van der Waals surface area (Å²) in [4.78, 5) is 9.58. The Labute approximate surface area is 110 Å². The van der Waals surface area contributed by atoms with Crippen LogP contribution in [0.2, 0.25) is 0 Å². The minimum atomic E-state index is -4.47. The lowest BCUT2D eigenvalue weighted by Crippen LogP contribution is -2.06. The number of aliphatic hydroxyl groups is 1. The van der Waals surface area contributed by atoms with Crippen molar-refractivity contribution in [1.82, 2.24) is 0 Å². The van der Waals surface area contributed by atoms with Gasteiger partial charge in [0.05, 0.1) is 4.92 Å². The zero-order chi connectivity index (χ0) is 14.5. The smallest absolute Gasteiger partial charge is 0.294 e. The summed E-state index contributed by atoms with van der Waals surface area (Å²) >= 11 is 0. The summed E-state index contributed by atoms with van der Waals surface area (Å²) < 4.78 is 30.6. The van der Waals surface area contributed by atoms with Crippen LogP contribution >= 0.6 is 0 Å². The topological polar surface area (TPSA) is 130 Å². The Kier molecular flexibility index (Phi) is 5.21. The quantitative estimate of drug-likeness (QED) is 0.296. The molecule has 0 aliphatic carbocycles. The molecule has 0 heterocycles. The van der Waals surface area contributed by atoms with Crippen LogP contribution in [0.1, 0.15) is 12.8 Å². The number of nitrogens with one attached hydrogen (secondary N) is 1. The van der Waals surface area contributed by atoms with Crippen molar-refractivity contribution in [3.63, 3.8) is 0 Å². The highest BCUT2D eigenvalue weighted by Crippen LogP contribution is 2.27. The van der Waals surface area contributed by atoms with Gasteiger partial charge < -0.3 is 10.4 Å². The second-order valence-electron chi connectivity index (χ2n) is 3.77. The van der Waals surface area contributed by atoms with Crippen molar-refractivity contribution >= 4 is 21.5 Å². The van der Waals surface area contributed by atoms with Gasteiger partial charge in [-0.25, -0.2) is 0 Å². The van der Waals surface area contributed by atoms with Crippen LogP contribution in [0.25, 0.3) is 0 Å². The van der Waals surface area contributed by atoms with Gasteiger partial charge in [-0.2, -0.15) is 8.42 Å². The average Bonchev–Trinajstić information content (AvgIpc) is 2.33. The van der Waals surface area contributed by atoms with Crippen LogP contribution in [0.15, 0.2) is 23.1 Å². The number of rotatable bonds is 7. The van der Waals surface area contributed by atoms with E-state index in [2.05, 4.69) is 5.32 Å². The molecule has 0 spiro atoms. The molecular formula is C10H14N2O6S. The van der Waals surface area contributed by atoms with Gasteiger partial charge in [-0.3, -0.25) is 14.7 Å². The van der Waals surface area contributed by atoms with Crippen LogP contribution in [-0.4, -0.2) is 36.2 Å². The van der Waals surface area contributed by atoms with Gasteiger partial charge in [-0.05, 0) is 25.0 Å². The highest BCUT2D eigenvalue weighted by atomic mass is 32.2. The zero-order valence-electron chi connectivity index (χ0n) is 9.94. The minimum absolute atomic E-state index is 0.0332. The maximum absolute atomic E-state index is 10.9. The summed E-state index contributed by atoms with van der Waals surface area (Å²) in [6.07, 6.45) is 1.18. The van der Waals surface area contributed by atoms with E-state index in [-0.39, 0.29) is 12.3 Å². The normalized spacial score (nSPS) is 11.3. The molecule has 0 aliphatic heterocycles. The van der Waals surface area contributed by atoms with Gasteiger partial charge in [0.25, 0.3) is 15.8 Å². The lowest BCUT2D eigenvalue weighted by Gasteiger charge is -2.07. The molecule has 0 unspecified atom stereocenters. The molecule has 1 aromatic rings. The molecule has 0 aromatic heterocycles. The standard InChI is InChI=1S/C10H14N2O6S/c13-6-2-1-5-11-9-4-3-8(19(16,17)18)7-10(9)12(14)15/h3-4,7,11,13H,1-2,5-6H2,(H,16,17,18). The van der Waals surface area contributed by atoms with E-state index in [9.17, 15) is 18.5 Å². The molecule has 0 atom stereocenters. The van der Waals surface area contributed by atoms with Gasteiger partial charge in [0, 0.05) is 19.2 Å². The second-order valence-corrected chi connectivity index (χ2v) is 5.19. The van der Waals surface area contributed by atoms with Crippen molar-refractivity contribution in [2.75, 3.05) is 18.5 Å². The molecule has 0 fully saturated rings. The maximum Gasteiger partial charge on any atom is 0.294 e. The summed E-state index contributed by atoms with van der Waals surface area (Å²) in [6, 6.07) is 3.10. The number of nitro benzene ring substituents is 1. The van der Waals surface area contributed by atoms with Crippen molar-refractivity contribution in [3.8, 4) is 0 Å². The molecule has 3 N–H and O–H groups in total. The molecule has 9 heteroatoms. The van der Waals surface area contributed by atoms with E-state index >= 15 is 0 Å². The van der Waals surface area contributed by atoms with Crippen molar-refractivity contribution in [3.05, 3.63) is 28.3 Å². The molecule has 0 radical (unpaired) electrons. The highest BCUT2D eigenvalue weighted by Gasteiger charge is 2.19. The van der Waals surface area contributed by atoms with E-state index in [1.165, 1.54) is 6.07 Å². The van der Waals surface area contributed by atoms with Crippen LogP contribution in [-0.2, 0) is 10.1 Å². The first kappa shape index (κ1) is 15.3. The Morgan fingerprint density at radius 3 is 2.53 bits per heavy atom. The van der Waals surface area contributed by atoms with Crippen LogP contribution in [0.4, 0.5) is 11.4 Å². The van der Waals surface area contributed by atoms with Crippen LogP contribution < -0.4 is 5.32 Å². The fraction of sp³-hybridized carbons (Fsp3) is 0.400. The maximum atomic E-state index is 10.9. The average molecular weight is 290 g/mol. The molecule has 106 valence electrons. The molecule has 1 rings (SSSR count). The first-order valence-electron chi connectivity index (χ1n) is 5.47. The fourth-order valence-electron chi connectivity index (χ4n) is 1.43. The van der Waals surface area contributed by atoms with Gasteiger partial charge in [-0.1, -0.05) is 0 Å². The summed E-state index contributed by atoms with van der Waals surface area (Å²) in [5.41, 5.74) is -0.269. The van der Waals surface area contributed by atoms with Crippen LogP contribution in [0, 0.1) is 10.1 Å². The highest BCUT2D eigenvalue weighted by molar-refractivity contribution is 7.85. The van der Waals surface area contributed by atoms with Gasteiger partial charge in [0.1, 0.15) is 10.6 Å². The van der Waals surface area contributed by atoms with Crippen LogP contribution in [0.5, 0.6) is 0 Å². The van der Waals surface area contributed by atoms with E-state index < -0.39 is 25.6 Å². The first-order valence-corrected chi connectivity index (χ1v) is 6.91. The minimum Gasteiger partial charge on any atom is -0.396 e. The molecule has 0 saturated heterocycles. The van der Waals surface area contributed by atoms with E-state index in [0.717, 1.165) is 12.1 Å². The molecule has 8 nitrogen and oxygen atoms in total. The van der Waals surface area contributed by atoms with Crippen LogP contribution in [0.3, 0.4) is 0 Å². The summed E-state index contributed by atoms with van der Waals surface area (Å²) in [5, 5.41) is 22.2. The van der Waals surface area contributed by atoms with Gasteiger partial charge >= 0.3 is 0 Å². The summed E-state index contributed by atoms with van der Waals surface area (Å²) in [5.74, 6) is 0. The van der Waals surface area contributed by atoms with E-state index in [0.29, 0.717) is 19.4 Å². The lowest BCUT2D eigenvalue weighted by atomic mass is 10.2. The summed E-state index contributed by atoms with van der Waals surface area (Å²) in [7, 11) is -4.47. The Morgan fingerprint density at radius 2 is 2.00 bits per heavy atom. The number of benzene rings is 1. The molecule has 0 amide bonds. The van der Waals surface area contributed by atoms with E-state index in [4.69, 9.17) is 9.66 Å². The van der Waals surface area contributed by atoms with Crippen molar-refractivity contribution < 1.29 is 23.0 Å². The van der Waals surface area contributed by atoms with Crippen molar-refractivity contribution in [2.24, 2.45) is 0 Å². The summed E-state index contributed by atoms with van der Waals surface area (Å²) in [6.45, 7) is 0.443. The Bertz CT molecular complexity index is 557. The second kappa shape index (κ2) is 6.45. The number of hydrogen-bond donors (Lipinski definition) is 3. The molecular weight excluding hydrogens is 276 g/mol. The van der Waals surface area contributed by atoms with Crippen molar-refractivity contribution in [2.45, 2.75) is 17.7 Å². The third-order valence-corrected chi connectivity index (χ3v) is 3.21. The number of unbranched alkanes of at least 4 members (excludes halogenated alkanes) is 1. The van der Waals surface area contributed by atoms with Gasteiger partial charge in [-0.15, -0.1) is 0 Å². The SMILES string of the molecule is O=[N+]([O-])c1cc(S(=O)(=O)O)ccc1NCCCCO. The Balaban J connectivity index is 2.96. The monoisotopic (exact) mass is 290 g/mol. The third kappa shape index (κ3) is 4.47. The largest absolute Gasteiger partial charge is 0.396 e. The number of aliphatic hydroxyl groups excluding tert-OH is 1. The molecule has 1 aromatic carbocycles. The predicted octanol–water partition coefficient (Wildman–Crippen LogP) is 1.03. The molecule has 0 bridgehead atoms. The number of anilines is 1. The number of nitro groups is 1. The Morgan fingerprint density at radius 1 is 1.32 bits per heavy atom. The van der Waals surface area contributed by atoms with E-state index in [1.54, 1.807) is 0 Å². The number of nitrogens with zero attached hydrogens (tertiary/aromatic N) is 1. The molecule has 0 aliphatic rings.